The fraction of sp³-hybridized carbons (Fsp3) is 0.500. The van der Waals surface area contributed by atoms with Crippen LogP contribution in [0.4, 0.5) is 0 Å². The molecule has 0 unspecified atom stereocenters. The number of carboxylic acids is 1. The lowest BCUT2D eigenvalue weighted by Crippen LogP contribution is -2.30. The van der Waals surface area contributed by atoms with E-state index in [0.717, 1.165) is 12.8 Å². The quantitative estimate of drug-likeness (QED) is 0.917. The van der Waals surface area contributed by atoms with Crippen molar-refractivity contribution in [3.63, 3.8) is 0 Å². The molecule has 5 nitrogen and oxygen atoms in total. The first-order valence-electron chi connectivity index (χ1n) is 6.75. The van der Waals surface area contributed by atoms with E-state index >= 15 is 0 Å². The van der Waals surface area contributed by atoms with Gasteiger partial charge in [0.05, 0.1) is 5.41 Å². The Labute approximate surface area is 120 Å². The van der Waals surface area contributed by atoms with Crippen LogP contribution in [-0.4, -0.2) is 21.2 Å². The zero-order valence-electron chi connectivity index (χ0n) is 11.0. The summed E-state index contributed by atoms with van der Waals surface area (Å²) >= 11 is 1.65. The summed E-state index contributed by atoms with van der Waals surface area (Å²) in [6, 6.07) is 4.01. The monoisotopic (exact) mass is 292 g/mol. The molecule has 0 aliphatic heterocycles. The molecule has 1 aliphatic carbocycles. The van der Waals surface area contributed by atoms with Gasteiger partial charge < -0.3 is 9.63 Å². The summed E-state index contributed by atoms with van der Waals surface area (Å²) in [6.45, 7) is 0. The van der Waals surface area contributed by atoms with E-state index in [1.165, 1.54) is 4.88 Å². The van der Waals surface area contributed by atoms with Crippen LogP contribution in [0.25, 0.3) is 0 Å². The molecule has 3 rings (SSSR count). The maximum Gasteiger partial charge on any atom is 0.310 e. The first-order valence-corrected chi connectivity index (χ1v) is 7.63. The van der Waals surface area contributed by atoms with Gasteiger partial charge in [0.1, 0.15) is 0 Å². The van der Waals surface area contributed by atoms with Gasteiger partial charge in [0.25, 0.3) is 0 Å². The van der Waals surface area contributed by atoms with Crippen LogP contribution in [0.5, 0.6) is 0 Å². The Bertz CT molecular complexity index is 585. The minimum Gasteiger partial charge on any atom is -0.481 e. The third-order valence-corrected chi connectivity index (χ3v) is 4.80. The SMILES string of the molecule is O=C(O)C1(Cc2nc(Cc3cccs3)no2)CCCC1. The lowest BCUT2D eigenvalue weighted by Gasteiger charge is -2.21. The largest absolute Gasteiger partial charge is 0.481 e. The van der Waals surface area contributed by atoms with Crippen LogP contribution in [0.15, 0.2) is 22.0 Å². The molecule has 1 N–H and O–H groups in total. The van der Waals surface area contributed by atoms with E-state index in [-0.39, 0.29) is 0 Å². The second-order valence-electron chi connectivity index (χ2n) is 5.33. The van der Waals surface area contributed by atoms with Gasteiger partial charge >= 0.3 is 5.97 Å². The molecule has 20 heavy (non-hydrogen) atoms. The normalized spacial score (nSPS) is 17.4. The topological polar surface area (TPSA) is 76.2 Å². The average molecular weight is 292 g/mol. The fourth-order valence-electron chi connectivity index (χ4n) is 2.81. The van der Waals surface area contributed by atoms with Crippen molar-refractivity contribution >= 4 is 17.3 Å². The van der Waals surface area contributed by atoms with E-state index in [4.69, 9.17) is 4.52 Å². The van der Waals surface area contributed by atoms with Crippen LogP contribution in [0.3, 0.4) is 0 Å². The van der Waals surface area contributed by atoms with E-state index in [1.807, 2.05) is 17.5 Å². The minimum absolute atomic E-state index is 0.347. The van der Waals surface area contributed by atoms with Crippen molar-refractivity contribution in [1.29, 1.82) is 0 Å². The molecule has 2 aromatic rings. The predicted octanol–water partition coefficient (Wildman–Crippen LogP) is 2.91. The number of carbonyl (C=O) groups is 1. The molecular formula is C14H16N2O3S. The fourth-order valence-corrected chi connectivity index (χ4v) is 3.51. The van der Waals surface area contributed by atoms with Gasteiger partial charge in [-0.1, -0.05) is 24.1 Å². The second-order valence-corrected chi connectivity index (χ2v) is 6.36. The van der Waals surface area contributed by atoms with Crippen LogP contribution in [0.2, 0.25) is 0 Å². The zero-order chi connectivity index (χ0) is 14.0. The molecule has 2 heterocycles. The lowest BCUT2D eigenvalue weighted by molar-refractivity contribution is -0.148. The molecular weight excluding hydrogens is 276 g/mol. The van der Waals surface area contributed by atoms with Crippen molar-refractivity contribution in [3.05, 3.63) is 34.1 Å². The van der Waals surface area contributed by atoms with E-state index < -0.39 is 11.4 Å². The summed E-state index contributed by atoms with van der Waals surface area (Å²) in [7, 11) is 0. The Morgan fingerprint density at radius 2 is 2.25 bits per heavy atom. The maximum absolute atomic E-state index is 11.5. The highest BCUT2D eigenvalue weighted by Crippen LogP contribution is 2.41. The number of carboxylic acid groups (broad SMARTS) is 1. The Balaban J connectivity index is 1.72. The number of hydrogen-bond acceptors (Lipinski definition) is 5. The highest BCUT2D eigenvalue weighted by molar-refractivity contribution is 7.09. The second kappa shape index (κ2) is 5.36. The van der Waals surface area contributed by atoms with Crippen LogP contribution in [0.1, 0.15) is 42.3 Å². The van der Waals surface area contributed by atoms with E-state index in [1.54, 1.807) is 11.3 Å². The van der Waals surface area contributed by atoms with Gasteiger partial charge in [-0.3, -0.25) is 4.79 Å². The molecule has 0 aromatic carbocycles. The molecule has 1 fully saturated rings. The molecule has 0 spiro atoms. The van der Waals surface area contributed by atoms with E-state index in [2.05, 4.69) is 10.1 Å². The van der Waals surface area contributed by atoms with E-state index in [0.29, 0.717) is 37.4 Å². The van der Waals surface area contributed by atoms with Gasteiger partial charge in [-0.05, 0) is 24.3 Å². The molecule has 0 saturated heterocycles. The number of aliphatic carboxylic acids is 1. The van der Waals surface area contributed by atoms with Crippen LogP contribution in [-0.2, 0) is 17.6 Å². The van der Waals surface area contributed by atoms with E-state index in [9.17, 15) is 9.90 Å². The van der Waals surface area contributed by atoms with Crippen molar-refractivity contribution in [1.82, 2.24) is 10.1 Å². The van der Waals surface area contributed by atoms with Gasteiger partial charge in [0.2, 0.25) is 5.89 Å². The number of aromatic nitrogens is 2. The maximum atomic E-state index is 11.5. The van der Waals surface area contributed by atoms with Crippen molar-refractivity contribution in [2.45, 2.75) is 38.5 Å². The summed E-state index contributed by atoms with van der Waals surface area (Å²) in [5.74, 6) is 0.329. The highest BCUT2D eigenvalue weighted by atomic mass is 32.1. The first-order chi connectivity index (χ1) is 9.68. The molecule has 106 valence electrons. The molecule has 0 radical (unpaired) electrons. The Hall–Kier alpha value is -1.69. The van der Waals surface area contributed by atoms with Gasteiger partial charge in [0, 0.05) is 17.7 Å². The van der Waals surface area contributed by atoms with Gasteiger partial charge in [-0.25, -0.2) is 0 Å². The van der Waals surface area contributed by atoms with Crippen LogP contribution >= 0.6 is 11.3 Å². The molecule has 6 heteroatoms. The zero-order valence-corrected chi connectivity index (χ0v) is 11.9. The Morgan fingerprint density at radius 3 is 2.90 bits per heavy atom. The van der Waals surface area contributed by atoms with Gasteiger partial charge in [0.15, 0.2) is 5.82 Å². The van der Waals surface area contributed by atoms with Crippen molar-refractivity contribution in [2.75, 3.05) is 0 Å². The summed E-state index contributed by atoms with van der Waals surface area (Å²) in [4.78, 5) is 17.0. The standard InChI is InChI=1S/C14H16N2O3S/c17-13(18)14(5-1-2-6-14)9-12-15-11(16-19-12)8-10-4-3-7-20-10/h3-4,7H,1-2,5-6,8-9H2,(H,17,18). The summed E-state index contributed by atoms with van der Waals surface area (Å²) < 4.78 is 5.23. The summed E-state index contributed by atoms with van der Waals surface area (Å²) in [5, 5.41) is 15.4. The molecule has 1 aliphatic rings. The summed E-state index contributed by atoms with van der Waals surface area (Å²) in [5.41, 5.74) is -0.702. The molecule has 0 atom stereocenters. The Morgan fingerprint density at radius 1 is 1.45 bits per heavy atom. The number of nitrogens with zero attached hydrogens (tertiary/aromatic N) is 2. The highest BCUT2D eigenvalue weighted by Gasteiger charge is 2.42. The number of hydrogen-bond donors (Lipinski definition) is 1. The minimum atomic E-state index is -0.743. The third-order valence-electron chi connectivity index (χ3n) is 3.93. The van der Waals surface area contributed by atoms with Crippen LogP contribution in [0, 0.1) is 5.41 Å². The van der Waals surface area contributed by atoms with Crippen molar-refractivity contribution in [2.24, 2.45) is 5.41 Å². The molecule has 2 aromatic heterocycles. The summed E-state index contributed by atoms with van der Waals surface area (Å²) in [6.07, 6.45) is 4.31. The van der Waals surface area contributed by atoms with Crippen molar-refractivity contribution in [3.8, 4) is 0 Å². The molecule has 0 amide bonds. The molecule has 0 bridgehead atoms. The van der Waals surface area contributed by atoms with Crippen LogP contribution < -0.4 is 0 Å². The number of rotatable bonds is 5. The average Bonchev–Trinajstić information content (AvgIpc) is 3.13. The van der Waals surface area contributed by atoms with Gasteiger partial charge in [-0.15, -0.1) is 11.3 Å². The van der Waals surface area contributed by atoms with Crippen molar-refractivity contribution < 1.29 is 14.4 Å². The smallest absolute Gasteiger partial charge is 0.310 e. The third kappa shape index (κ3) is 2.60. The first kappa shape index (κ1) is 13.3. The molecule has 1 saturated carbocycles. The van der Waals surface area contributed by atoms with Gasteiger partial charge in [-0.2, -0.15) is 4.98 Å². The lowest BCUT2D eigenvalue weighted by atomic mass is 9.83. The predicted molar refractivity (Wildman–Crippen MR) is 73.7 cm³/mol. The Kier molecular flexibility index (Phi) is 3.56. The number of thiophene rings is 1.